The number of hydrogen-bond donors (Lipinski definition) is 0. The predicted octanol–water partition coefficient (Wildman–Crippen LogP) is 0.115. The fourth-order valence-electron chi connectivity index (χ4n) is 1.65. The Balaban J connectivity index is 2.78. The molecule has 7 nitrogen and oxygen atoms in total. The molecule has 0 spiro atoms. The van der Waals surface area contributed by atoms with E-state index in [1.165, 1.54) is 21.3 Å². The van der Waals surface area contributed by atoms with Crippen LogP contribution in [-0.4, -0.2) is 47.1 Å². The molecular formula is C12H16N2O5Si. The monoisotopic (exact) mass is 296 g/mol. The fourth-order valence-corrected chi connectivity index (χ4v) is 3.43. The Morgan fingerprint density at radius 1 is 1.20 bits per heavy atom. The number of rotatable bonds is 7. The molecule has 0 heterocycles. The third-order valence-electron chi connectivity index (χ3n) is 2.66. The Kier molecular flexibility index (Phi) is 6.23. The molecule has 0 saturated heterocycles. The lowest BCUT2D eigenvalue weighted by Crippen LogP contribution is -2.54. The van der Waals surface area contributed by atoms with Gasteiger partial charge in [-0.15, -0.1) is 0 Å². The number of carbonyl (C=O) groups is 1. The van der Waals surface area contributed by atoms with Gasteiger partial charge in [0.2, 0.25) is 0 Å². The minimum Gasteiger partial charge on any atom is -0.452 e. The van der Waals surface area contributed by atoms with Crippen LogP contribution < -0.4 is 5.19 Å². The van der Waals surface area contributed by atoms with Gasteiger partial charge in [0.05, 0.1) is 0 Å². The first-order valence-electron chi connectivity index (χ1n) is 5.71. The molecule has 1 aromatic carbocycles. The average molecular weight is 296 g/mol. The molecule has 0 unspecified atom stereocenters. The number of hydrogen-bond acceptors (Lipinski definition) is 5. The second kappa shape index (κ2) is 7.68. The highest BCUT2D eigenvalue weighted by molar-refractivity contribution is 6.75. The summed E-state index contributed by atoms with van der Waals surface area (Å²) in [4.78, 5) is 13.6. The first-order valence-corrected chi connectivity index (χ1v) is 7.43. The minimum atomic E-state index is -2.84. The van der Waals surface area contributed by atoms with Crippen LogP contribution in [0.5, 0.6) is 0 Å². The molecule has 1 rings (SSSR count). The topological polar surface area (TPSA) is 90.4 Å². The first kappa shape index (κ1) is 16.2. The zero-order valence-corrected chi connectivity index (χ0v) is 12.5. The Bertz CT molecular complexity index is 487. The molecule has 1 aromatic rings. The van der Waals surface area contributed by atoms with Crippen LogP contribution in [0, 0.1) is 0 Å². The van der Waals surface area contributed by atoms with Crippen molar-refractivity contribution in [1.29, 1.82) is 0 Å². The summed E-state index contributed by atoms with van der Waals surface area (Å²) in [6.45, 7) is 0.0760. The molecular weight excluding hydrogens is 280 g/mol. The number of benzene rings is 1. The highest BCUT2D eigenvalue weighted by Crippen LogP contribution is 2.08. The molecule has 0 aliphatic rings. The molecule has 0 amide bonds. The highest BCUT2D eigenvalue weighted by atomic mass is 28.4. The van der Waals surface area contributed by atoms with E-state index in [0.29, 0.717) is 6.21 Å². The lowest BCUT2D eigenvalue weighted by Gasteiger charge is -2.24. The van der Waals surface area contributed by atoms with E-state index in [1.807, 2.05) is 0 Å². The van der Waals surface area contributed by atoms with E-state index in [9.17, 15) is 4.79 Å². The summed E-state index contributed by atoms with van der Waals surface area (Å²) in [5.41, 5.74) is 8.95. The number of nitrogens with zero attached hydrogens (tertiary/aromatic N) is 2. The number of ether oxygens (including phenoxy) is 1. The highest BCUT2D eigenvalue weighted by Gasteiger charge is 2.40. The molecule has 8 heteroatoms. The van der Waals surface area contributed by atoms with Gasteiger partial charge in [0.15, 0.2) is 0 Å². The third kappa shape index (κ3) is 3.83. The van der Waals surface area contributed by atoms with Gasteiger partial charge in [0.25, 0.3) is 0 Å². The molecule has 0 aliphatic carbocycles. The summed E-state index contributed by atoms with van der Waals surface area (Å²) in [6, 6.07) is 7.15. The predicted molar refractivity (Wildman–Crippen MR) is 72.3 cm³/mol. The van der Waals surface area contributed by atoms with E-state index in [4.69, 9.17) is 23.5 Å². The van der Waals surface area contributed by atoms with Crippen molar-refractivity contribution < 1.29 is 27.6 Å². The van der Waals surface area contributed by atoms with Crippen LogP contribution in [0.25, 0.3) is 5.53 Å². The van der Waals surface area contributed by atoms with Crippen molar-refractivity contribution in [3.63, 3.8) is 0 Å². The molecule has 0 fully saturated rings. The largest absolute Gasteiger partial charge is 0.536 e. The summed E-state index contributed by atoms with van der Waals surface area (Å²) in [7, 11) is 1.76. The molecule has 0 bridgehead atoms. The Morgan fingerprint density at radius 2 is 1.75 bits per heavy atom. The molecule has 0 saturated carbocycles. The molecule has 0 N–H and O–H groups in total. The van der Waals surface area contributed by atoms with E-state index in [-0.39, 0.29) is 6.61 Å². The summed E-state index contributed by atoms with van der Waals surface area (Å²) in [5, 5.41) is 0.803. The molecule has 108 valence electrons. The van der Waals surface area contributed by atoms with Gasteiger partial charge < -0.3 is 23.5 Å². The lowest BCUT2D eigenvalue weighted by atomic mass is 10.2. The Morgan fingerprint density at radius 3 is 2.20 bits per heavy atom. The van der Waals surface area contributed by atoms with Crippen molar-refractivity contribution in [1.82, 2.24) is 0 Å². The van der Waals surface area contributed by atoms with Crippen LogP contribution >= 0.6 is 0 Å². The first-order chi connectivity index (χ1) is 9.61. The van der Waals surface area contributed by atoms with Gasteiger partial charge in [-0.05, 0) is 5.56 Å². The van der Waals surface area contributed by atoms with Crippen LogP contribution in [0.15, 0.2) is 24.3 Å². The van der Waals surface area contributed by atoms with E-state index < -0.39 is 14.8 Å². The molecule has 0 atom stereocenters. The van der Waals surface area contributed by atoms with Crippen molar-refractivity contribution in [3.8, 4) is 0 Å². The quantitative estimate of drug-likeness (QED) is 0.234. The van der Waals surface area contributed by atoms with Gasteiger partial charge in [0.1, 0.15) is 6.61 Å². The van der Waals surface area contributed by atoms with Gasteiger partial charge in [-0.1, -0.05) is 24.3 Å². The molecule has 0 radical (unpaired) electrons. The van der Waals surface area contributed by atoms with Gasteiger partial charge in [-0.2, -0.15) is 4.79 Å². The third-order valence-corrected chi connectivity index (χ3v) is 5.31. The maximum atomic E-state index is 11.0. The SMILES string of the molecule is CO[Si](OC)(OC)c1ccc(COC(=O)C=[N+]=[N-])cc1. The Hall–Kier alpha value is -1.83. The number of carbonyl (C=O) groups excluding carboxylic acids is 1. The van der Waals surface area contributed by atoms with Crippen LogP contribution in [0.3, 0.4) is 0 Å². The minimum absolute atomic E-state index is 0.0760. The molecule has 0 aliphatic heterocycles. The van der Waals surface area contributed by atoms with Gasteiger partial charge in [-0.25, -0.2) is 4.79 Å². The van der Waals surface area contributed by atoms with Gasteiger partial charge in [0, 0.05) is 26.5 Å². The van der Waals surface area contributed by atoms with Crippen molar-refractivity contribution in [2.45, 2.75) is 6.61 Å². The smallest absolute Gasteiger partial charge is 0.452 e. The van der Waals surface area contributed by atoms with Crippen LogP contribution in [0.2, 0.25) is 0 Å². The van der Waals surface area contributed by atoms with Crippen molar-refractivity contribution in [2.75, 3.05) is 21.3 Å². The van der Waals surface area contributed by atoms with Crippen LogP contribution in [0.1, 0.15) is 5.56 Å². The summed E-state index contributed by atoms with van der Waals surface area (Å²) in [6.07, 6.45) is 0.688. The zero-order valence-electron chi connectivity index (χ0n) is 11.5. The standard InChI is InChI=1S/C12H16N2O5Si/c1-16-20(17-2,18-3)11-6-4-10(5-7-11)9-19-12(15)8-14-13/h4-8H,9H2,1-3H3. The zero-order chi connectivity index (χ0) is 15.0. The number of esters is 1. The van der Waals surface area contributed by atoms with Crippen molar-refractivity contribution >= 4 is 26.2 Å². The van der Waals surface area contributed by atoms with E-state index in [1.54, 1.807) is 24.3 Å². The maximum Gasteiger partial charge on any atom is 0.536 e. The molecule has 20 heavy (non-hydrogen) atoms. The van der Waals surface area contributed by atoms with E-state index >= 15 is 0 Å². The summed E-state index contributed by atoms with van der Waals surface area (Å²) >= 11 is 0. The normalized spacial score (nSPS) is 10.8. The van der Waals surface area contributed by atoms with Gasteiger partial charge in [-0.3, -0.25) is 0 Å². The summed E-state index contributed by atoms with van der Waals surface area (Å²) in [5.74, 6) is -0.717. The van der Waals surface area contributed by atoms with E-state index in [2.05, 4.69) is 4.79 Å². The second-order valence-electron chi connectivity index (χ2n) is 3.72. The maximum absolute atomic E-state index is 11.0. The van der Waals surface area contributed by atoms with Crippen molar-refractivity contribution in [3.05, 3.63) is 35.4 Å². The van der Waals surface area contributed by atoms with Gasteiger partial charge >= 0.3 is 21.0 Å². The lowest BCUT2D eigenvalue weighted by molar-refractivity contribution is -0.140. The van der Waals surface area contributed by atoms with E-state index in [0.717, 1.165) is 10.8 Å². The van der Waals surface area contributed by atoms with Crippen molar-refractivity contribution in [2.24, 2.45) is 0 Å². The van der Waals surface area contributed by atoms with Crippen LogP contribution in [0.4, 0.5) is 0 Å². The Labute approximate surface area is 118 Å². The van der Waals surface area contributed by atoms with Crippen LogP contribution in [-0.2, 0) is 29.4 Å². The fraction of sp³-hybridized carbons (Fsp3) is 0.333. The molecule has 0 aromatic heterocycles. The summed E-state index contributed by atoms with van der Waals surface area (Å²) < 4.78 is 20.9. The average Bonchev–Trinajstić information content (AvgIpc) is 2.49. The second-order valence-corrected chi connectivity index (χ2v) is 6.63.